The van der Waals surface area contributed by atoms with Crippen LogP contribution < -0.4 is 14.7 Å². The Morgan fingerprint density at radius 3 is 2.38 bits per heavy atom. The Labute approximate surface area is 189 Å². The van der Waals surface area contributed by atoms with Gasteiger partial charge in [-0.3, -0.25) is 9.59 Å². The van der Waals surface area contributed by atoms with Crippen LogP contribution in [0.15, 0.2) is 24.3 Å². The summed E-state index contributed by atoms with van der Waals surface area (Å²) in [5.41, 5.74) is 4.15. The molecule has 1 atom stereocenters. The van der Waals surface area contributed by atoms with Crippen LogP contribution in [-0.2, 0) is 9.59 Å². The highest BCUT2D eigenvalue weighted by molar-refractivity contribution is 6.00. The van der Waals surface area contributed by atoms with Crippen LogP contribution in [-0.4, -0.2) is 73.5 Å². The van der Waals surface area contributed by atoms with E-state index in [2.05, 4.69) is 21.8 Å². The Morgan fingerprint density at radius 2 is 1.72 bits per heavy atom. The van der Waals surface area contributed by atoms with Crippen LogP contribution in [0.25, 0.3) is 0 Å². The molecule has 0 radical (unpaired) electrons. The third kappa shape index (κ3) is 4.40. The molecule has 4 rings (SSSR count). The SMILES string of the molecule is Cc1cc(N(C)C)nc(N2CCN(C(=O)C3CC(=O)N(c4ccc(C)c(C)c4)C3)CC2)n1. The predicted molar refractivity (Wildman–Crippen MR) is 126 cm³/mol. The molecule has 0 spiro atoms. The van der Waals surface area contributed by atoms with Gasteiger partial charge >= 0.3 is 0 Å². The molecule has 2 saturated heterocycles. The maximum absolute atomic E-state index is 13.2. The van der Waals surface area contributed by atoms with Crippen LogP contribution in [0.3, 0.4) is 0 Å². The number of hydrogen-bond acceptors (Lipinski definition) is 6. The molecule has 0 bridgehead atoms. The van der Waals surface area contributed by atoms with E-state index >= 15 is 0 Å². The number of benzene rings is 1. The number of rotatable bonds is 4. The highest BCUT2D eigenvalue weighted by Gasteiger charge is 2.38. The molecule has 1 aromatic heterocycles. The number of anilines is 3. The van der Waals surface area contributed by atoms with Gasteiger partial charge in [-0.15, -0.1) is 0 Å². The predicted octanol–water partition coefficient (Wildman–Crippen LogP) is 2.17. The summed E-state index contributed by atoms with van der Waals surface area (Å²) in [7, 11) is 3.93. The zero-order chi connectivity index (χ0) is 23.0. The smallest absolute Gasteiger partial charge is 0.228 e. The molecule has 1 unspecified atom stereocenters. The molecule has 8 heteroatoms. The number of aryl methyl sites for hydroxylation is 3. The molecule has 0 N–H and O–H groups in total. The number of nitrogens with zero attached hydrogens (tertiary/aromatic N) is 6. The molecular formula is C24H32N6O2. The van der Waals surface area contributed by atoms with E-state index in [1.165, 1.54) is 5.56 Å². The van der Waals surface area contributed by atoms with Crippen LogP contribution in [0.5, 0.6) is 0 Å². The van der Waals surface area contributed by atoms with Crippen molar-refractivity contribution in [2.24, 2.45) is 5.92 Å². The summed E-state index contributed by atoms with van der Waals surface area (Å²) < 4.78 is 0. The third-order valence-corrected chi connectivity index (χ3v) is 6.44. The van der Waals surface area contributed by atoms with Gasteiger partial charge in [-0.05, 0) is 44.0 Å². The molecule has 2 aliphatic rings. The van der Waals surface area contributed by atoms with Gasteiger partial charge in [-0.1, -0.05) is 6.07 Å². The highest BCUT2D eigenvalue weighted by atomic mass is 16.2. The summed E-state index contributed by atoms with van der Waals surface area (Å²) in [6.45, 7) is 9.11. The average molecular weight is 437 g/mol. The largest absolute Gasteiger partial charge is 0.363 e. The van der Waals surface area contributed by atoms with Crippen molar-refractivity contribution < 1.29 is 9.59 Å². The summed E-state index contributed by atoms with van der Waals surface area (Å²) in [6, 6.07) is 7.99. The molecule has 1 aromatic carbocycles. The van der Waals surface area contributed by atoms with Gasteiger partial charge in [0, 0.05) is 70.7 Å². The standard InChI is InChI=1S/C24H32N6O2/c1-16-6-7-20(12-17(16)2)30-15-19(14-22(30)31)23(32)28-8-10-29(11-9-28)24-25-18(3)13-21(26-24)27(4)5/h6-7,12-13,19H,8-11,14-15H2,1-5H3. The monoisotopic (exact) mass is 436 g/mol. The number of carbonyl (C=O) groups is 2. The Hall–Kier alpha value is -3.16. The number of piperazine rings is 1. The maximum Gasteiger partial charge on any atom is 0.228 e. The lowest BCUT2D eigenvalue weighted by molar-refractivity contribution is -0.136. The number of aromatic nitrogens is 2. The first-order valence-corrected chi connectivity index (χ1v) is 11.2. The van der Waals surface area contributed by atoms with E-state index in [0.29, 0.717) is 38.7 Å². The molecule has 8 nitrogen and oxygen atoms in total. The minimum atomic E-state index is -0.286. The van der Waals surface area contributed by atoms with E-state index < -0.39 is 0 Å². The molecule has 2 aromatic rings. The lowest BCUT2D eigenvalue weighted by atomic mass is 10.1. The summed E-state index contributed by atoms with van der Waals surface area (Å²) >= 11 is 0. The van der Waals surface area contributed by atoms with E-state index in [9.17, 15) is 9.59 Å². The Bertz CT molecular complexity index is 1030. The Balaban J connectivity index is 1.39. The number of hydrogen-bond donors (Lipinski definition) is 0. The molecule has 170 valence electrons. The average Bonchev–Trinajstić information content (AvgIpc) is 3.16. The van der Waals surface area contributed by atoms with Crippen LogP contribution in [0.2, 0.25) is 0 Å². The minimum Gasteiger partial charge on any atom is -0.363 e. The zero-order valence-electron chi connectivity index (χ0n) is 19.6. The van der Waals surface area contributed by atoms with E-state index in [1.807, 2.05) is 62.0 Å². The second kappa shape index (κ2) is 8.76. The lowest BCUT2D eigenvalue weighted by Crippen LogP contribution is -2.51. The van der Waals surface area contributed by atoms with Crippen LogP contribution in [0.1, 0.15) is 23.2 Å². The fraction of sp³-hybridized carbons (Fsp3) is 0.500. The topological polar surface area (TPSA) is 72.9 Å². The van der Waals surface area contributed by atoms with Gasteiger partial charge < -0.3 is 19.6 Å². The van der Waals surface area contributed by atoms with Crippen molar-refractivity contribution in [2.75, 3.05) is 61.5 Å². The van der Waals surface area contributed by atoms with Crippen LogP contribution in [0.4, 0.5) is 17.5 Å². The van der Waals surface area contributed by atoms with Crippen LogP contribution >= 0.6 is 0 Å². The molecule has 32 heavy (non-hydrogen) atoms. The highest BCUT2D eigenvalue weighted by Crippen LogP contribution is 2.28. The quantitative estimate of drug-likeness (QED) is 0.732. The first-order valence-electron chi connectivity index (χ1n) is 11.2. The normalized spacial score (nSPS) is 19.0. The second-order valence-electron chi connectivity index (χ2n) is 9.05. The zero-order valence-corrected chi connectivity index (χ0v) is 19.6. The molecule has 0 saturated carbocycles. The third-order valence-electron chi connectivity index (χ3n) is 6.44. The van der Waals surface area contributed by atoms with E-state index in [0.717, 1.165) is 22.8 Å². The van der Waals surface area contributed by atoms with Crippen molar-refractivity contribution in [3.8, 4) is 0 Å². The van der Waals surface area contributed by atoms with Gasteiger partial charge in [0.1, 0.15) is 5.82 Å². The molecule has 2 amide bonds. The van der Waals surface area contributed by atoms with Gasteiger partial charge in [-0.2, -0.15) is 4.98 Å². The molecule has 0 aliphatic carbocycles. The lowest BCUT2D eigenvalue weighted by Gasteiger charge is -2.36. The molecule has 2 fully saturated rings. The first kappa shape index (κ1) is 22.0. The summed E-state index contributed by atoms with van der Waals surface area (Å²) in [6.07, 6.45) is 0.277. The fourth-order valence-electron chi connectivity index (χ4n) is 4.31. The summed E-state index contributed by atoms with van der Waals surface area (Å²) in [5, 5.41) is 0. The number of amides is 2. The minimum absolute atomic E-state index is 0.0228. The van der Waals surface area contributed by atoms with Crippen molar-refractivity contribution in [3.05, 3.63) is 41.1 Å². The van der Waals surface area contributed by atoms with Crippen molar-refractivity contribution in [3.63, 3.8) is 0 Å². The van der Waals surface area contributed by atoms with Gasteiger partial charge in [0.2, 0.25) is 17.8 Å². The van der Waals surface area contributed by atoms with Crippen molar-refractivity contribution in [2.45, 2.75) is 27.2 Å². The fourth-order valence-corrected chi connectivity index (χ4v) is 4.31. The van der Waals surface area contributed by atoms with Crippen molar-refractivity contribution >= 4 is 29.3 Å². The molecular weight excluding hydrogens is 404 g/mol. The second-order valence-corrected chi connectivity index (χ2v) is 9.05. The summed E-state index contributed by atoms with van der Waals surface area (Å²) in [4.78, 5) is 42.8. The van der Waals surface area contributed by atoms with E-state index in [1.54, 1.807) is 4.90 Å². The van der Waals surface area contributed by atoms with Gasteiger partial charge in [-0.25, -0.2) is 4.98 Å². The van der Waals surface area contributed by atoms with Gasteiger partial charge in [0.05, 0.1) is 5.92 Å². The number of carbonyl (C=O) groups excluding carboxylic acids is 2. The Kier molecular flexibility index (Phi) is 6.04. The summed E-state index contributed by atoms with van der Waals surface area (Å²) in [5.74, 6) is 1.39. The van der Waals surface area contributed by atoms with Gasteiger partial charge in [0.15, 0.2) is 0 Å². The molecule has 3 heterocycles. The maximum atomic E-state index is 13.2. The van der Waals surface area contributed by atoms with E-state index in [-0.39, 0.29) is 24.2 Å². The van der Waals surface area contributed by atoms with Gasteiger partial charge in [0.25, 0.3) is 0 Å². The van der Waals surface area contributed by atoms with E-state index in [4.69, 9.17) is 0 Å². The van der Waals surface area contributed by atoms with Crippen molar-refractivity contribution in [1.29, 1.82) is 0 Å². The Morgan fingerprint density at radius 1 is 1.00 bits per heavy atom. The van der Waals surface area contributed by atoms with Crippen LogP contribution in [0, 0.1) is 26.7 Å². The first-order chi connectivity index (χ1) is 15.2. The van der Waals surface area contributed by atoms with Crippen molar-refractivity contribution in [1.82, 2.24) is 14.9 Å². The molecule has 2 aliphatic heterocycles.